The maximum Gasteiger partial charge on any atom is 0.274 e. The number of hydrogen-bond acceptors (Lipinski definition) is 4. The van der Waals surface area contributed by atoms with Gasteiger partial charge in [-0.15, -0.1) is 0 Å². The number of nitrogens with one attached hydrogen (secondary N) is 1. The smallest absolute Gasteiger partial charge is 0.274 e. The summed E-state index contributed by atoms with van der Waals surface area (Å²) in [5.41, 5.74) is 3.97. The lowest BCUT2D eigenvalue weighted by atomic mass is 9.95. The van der Waals surface area contributed by atoms with Gasteiger partial charge >= 0.3 is 0 Å². The van der Waals surface area contributed by atoms with Crippen molar-refractivity contribution in [3.63, 3.8) is 0 Å². The first-order chi connectivity index (χ1) is 16.7. The van der Waals surface area contributed by atoms with Crippen molar-refractivity contribution in [3.8, 4) is 5.75 Å². The topological polar surface area (TPSA) is 78.5 Å². The second-order valence-electron chi connectivity index (χ2n) is 9.90. The largest absolute Gasteiger partial charge is 0.492 e. The van der Waals surface area contributed by atoms with Gasteiger partial charge in [-0.1, -0.05) is 12.1 Å². The van der Waals surface area contributed by atoms with Gasteiger partial charge in [0.25, 0.3) is 5.91 Å². The van der Waals surface area contributed by atoms with Crippen LogP contribution < -0.4 is 4.74 Å². The minimum atomic E-state index is -0.0515. The van der Waals surface area contributed by atoms with Crippen molar-refractivity contribution in [3.05, 3.63) is 46.8 Å². The van der Waals surface area contributed by atoms with Crippen molar-refractivity contribution in [1.29, 1.82) is 0 Å². The molecule has 0 spiro atoms. The molecule has 1 aromatic heterocycles. The molecule has 1 N–H and O–H groups in total. The van der Waals surface area contributed by atoms with E-state index in [1.807, 2.05) is 17.0 Å². The van der Waals surface area contributed by atoms with Gasteiger partial charge in [0.15, 0.2) is 5.69 Å². The first-order valence-corrected chi connectivity index (χ1v) is 13.1. The molecule has 5 rings (SSSR count). The molecule has 1 fully saturated rings. The first-order valence-electron chi connectivity index (χ1n) is 13.1. The van der Waals surface area contributed by atoms with Crippen LogP contribution in [-0.4, -0.2) is 64.1 Å². The molecule has 1 saturated heterocycles. The highest BCUT2D eigenvalue weighted by Gasteiger charge is 2.28. The highest BCUT2D eigenvalue weighted by molar-refractivity contribution is 5.94. The number of amides is 2. The molecule has 1 atom stereocenters. The van der Waals surface area contributed by atoms with Crippen LogP contribution in [0, 0.1) is 0 Å². The molecule has 2 bridgehead atoms. The Labute approximate surface area is 201 Å². The zero-order valence-corrected chi connectivity index (χ0v) is 20.1. The standard InChI is InChI=1S/C27H36N4O3/c32-25-12-6-15-30(27(33)26-23-10-1-2-11-24(23)28-29-26)17-18-34-22-9-5-7-20(19-22)13-14-21-8-3-4-16-31(21)25/h5,7,9,19,21H,1-4,6,8,10-18H2,(H,28,29). The van der Waals surface area contributed by atoms with Crippen molar-refractivity contribution in [1.82, 2.24) is 20.0 Å². The number of carbonyl (C=O) groups is 2. The van der Waals surface area contributed by atoms with E-state index < -0.39 is 0 Å². The lowest BCUT2D eigenvalue weighted by Crippen LogP contribution is -2.44. The Balaban J connectivity index is 1.35. The third-order valence-corrected chi connectivity index (χ3v) is 7.61. The van der Waals surface area contributed by atoms with Gasteiger partial charge in [0.2, 0.25) is 5.91 Å². The molecule has 1 aromatic carbocycles. The van der Waals surface area contributed by atoms with E-state index >= 15 is 0 Å². The van der Waals surface area contributed by atoms with Gasteiger partial charge in [-0.3, -0.25) is 14.7 Å². The van der Waals surface area contributed by atoms with Gasteiger partial charge < -0.3 is 14.5 Å². The van der Waals surface area contributed by atoms with E-state index in [1.54, 1.807) is 0 Å². The summed E-state index contributed by atoms with van der Waals surface area (Å²) in [4.78, 5) is 30.6. The molecule has 2 aliphatic heterocycles. The molecular formula is C27H36N4O3. The zero-order valence-electron chi connectivity index (χ0n) is 20.1. The van der Waals surface area contributed by atoms with Crippen LogP contribution in [0.2, 0.25) is 0 Å². The van der Waals surface area contributed by atoms with Crippen LogP contribution in [0.1, 0.15) is 78.7 Å². The highest BCUT2D eigenvalue weighted by atomic mass is 16.5. The summed E-state index contributed by atoms with van der Waals surface area (Å²) in [5.74, 6) is 1.02. The second-order valence-corrected chi connectivity index (χ2v) is 9.90. The molecule has 1 aliphatic carbocycles. The van der Waals surface area contributed by atoms with E-state index in [4.69, 9.17) is 4.74 Å². The van der Waals surface area contributed by atoms with E-state index in [0.29, 0.717) is 44.3 Å². The van der Waals surface area contributed by atoms with Crippen molar-refractivity contribution in [2.24, 2.45) is 0 Å². The van der Waals surface area contributed by atoms with Crippen molar-refractivity contribution >= 4 is 11.8 Å². The van der Waals surface area contributed by atoms with Crippen LogP contribution >= 0.6 is 0 Å². The third kappa shape index (κ3) is 5.13. The number of hydrogen-bond donors (Lipinski definition) is 1. The van der Waals surface area contributed by atoms with Crippen LogP contribution in [0.5, 0.6) is 5.75 Å². The number of benzene rings is 1. The lowest BCUT2D eigenvalue weighted by Gasteiger charge is -2.36. The Bertz CT molecular complexity index is 1020. The highest BCUT2D eigenvalue weighted by Crippen LogP contribution is 2.25. The van der Waals surface area contributed by atoms with Gasteiger partial charge in [-0.05, 0) is 81.9 Å². The van der Waals surface area contributed by atoms with Gasteiger partial charge in [-0.25, -0.2) is 0 Å². The van der Waals surface area contributed by atoms with E-state index in [9.17, 15) is 9.59 Å². The molecule has 0 saturated carbocycles. The number of carbonyl (C=O) groups excluding carboxylic acids is 2. The summed E-state index contributed by atoms with van der Waals surface area (Å²) in [6, 6.07) is 8.56. The minimum absolute atomic E-state index is 0.0515. The summed E-state index contributed by atoms with van der Waals surface area (Å²) >= 11 is 0. The number of piperidine rings is 1. The zero-order chi connectivity index (χ0) is 23.3. The summed E-state index contributed by atoms with van der Waals surface area (Å²) in [6.07, 6.45) is 10.5. The predicted molar refractivity (Wildman–Crippen MR) is 130 cm³/mol. The van der Waals surface area contributed by atoms with Gasteiger partial charge in [0.05, 0.1) is 6.54 Å². The molecular weight excluding hydrogens is 428 g/mol. The first kappa shape index (κ1) is 22.9. The van der Waals surface area contributed by atoms with E-state index in [2.05, 4.69) is 27.2 Å². The summed E-state index contributed by atoms with van der Waals surface area (Å²) < 4.78 is 6.06. The molecule has 2 aromatic rings. The molecule has 34 heavy (non-hydrogen) atoms. The maximum absolute atomic E-state index is 13.5. The van der Waals surface area contributed by atoms with Gasteiger partial charge in [0, 0.05) is 36.8 Å². The van der Waals surface area contributed by atoms with Gasteiger partial charge in [-0.2, -0.15) is 5.10 Å². The number of nitrogens with zero attached hydrogens (tertiary/aromatic N) is 3. The molecule has 7 heteroatoms. The summed E-state index contributed by atoms with van der Waals surface area (Å²) in [7, 11) is 0. The minimum Gasteiger partial charge on any atom is -0.492 e. The molecule has 3 heterocycles. The number of aromatic amines is 1. The molecule has 182 valence electrons. The lowest BCUT2D eigenvalue weighted by molar-refractivity contribution is -0.135. The fraction of sp³-hybridized carbons (Fsp3) is 0.593. The van der Waals surface area contributed by atoms with Crippen LogP contribution in [0.3, 0.4) is 0 Å². The Morgan fingerprint density at radius 3 is 2.82 bits per heavy atom. The fourth-order valence-corrected chi connectivity index (χ4v) is 5.71. The summed E-state index contributed by atoms with van der Waals surface area (Å²) in [6.45, 7) is 2.29. The third-order valence-electron chi connectivity index (χ3n) is 7.61. The quantitative estimate of drug-likeness (QED) is 0.694. The summed E-state index contributed by atoms with van der Waals surface area (Å²) in [5, 5.41) is 7.49. The van der Waals surface area contributed by atoms with Crippen molar-refractivity contribution in [2.45, 2.75) is 76.7 Å². The van der Waals surface area contributed by atoms with Crippen LogP contribution in [0.15, 0.2) is 24.3 Å². The Kier molecular flexibility index (Phi) is 7.16. The number of aryl methyl sites for hydroxylation is 2. The number of H-pyrrole nitrogens is 1. The number of ether oxygens (including phenoxy) is 1. The number of fused-ring (bicyclic) bond motifs is 4. The average molecular weight is 465 g/mol. The van der Waals surface area contributed by atoms with E-state index in [0.717, 1.165) is 74.9 Å². The SMILES string of the molecule is O=C(c1n[nH]c2c1CCCC2)N1CCCC(=O)N2CCCCC2CCc2cccc(c2)OCC1. The average Bonchev–Trinajstić information content (AvgIpc) is 3.30. The number of aromatic nitrogens is 2. The van der Waals surface area contributed by atoms with Crippen molar-refractivity contribution in [2.75, 3.05) is 26.2 Å². The fourth-order valence-electron chi connectivity index (χ4n) is 5.71. The Morgan fingerprint density at radius 2 is 1.88 bits per heavy atom. The molecule has 0 radical (unpaired) electrons. The van der Waals surface area contributed by atoms with E-state index in [1.165, 1.54) is 12.0 Å². The Hall–Kier alpha value is -2.83. The number of rotatable bonds is 1. The Morgan fingerprint density at radius 1 is 0.971 bits per heavy atom. The molecule has 1 unspecified atom stereocenters. The van der Waals surface area contributed by atoms with Crippen LogP contribution in [0.25, 0.3) is 0 Å². The predicted octanol–water partition coefficient (Wildman–Crippen LogP) is 3.92. The van der Waals surface area contributed by atoms with Crippen LogP contribution in [-0.2, 0) is 24.1 Å². The van der Waals surface area contributed by atoms with Crippen molar-refractivity contribution < 1.29 is 14.3 Å². The molecule has 7 nitrogen and oxygen atoms in total. The molecule has 2 amide bonds. The second kappa shape index (κ2) is 10.6. The normalized spacial score (nSPS) is 22.1. The molecule has 3 aliphatic rings. The van der Waals surface area contributed by atoms with Gasteiger partial charge in [0.1, 0.15) is 12.4 Å². The maximum atomic E-state index is 13.5. The van der Waals surface area contributed by atoms with E-state index in [-0.39, 0.29) is 11.8 Å². The monoisotopic (exact) mass is 464 g/mol. The van der Waals surface area contributed by atoms with Crippen LogP contribution in [0.4, 0.5) is 0 Å².